The van der Waals surface area contributed by atoms with Crippen LogP contribution >= 0.6 is 0 Å². The van der Waals surface area contributed by atoms with E-state index in [-0.39, 0.29) is 32.5 Å². The summed E-state index contributed by atoms with van der Waals surface area (Å²) in [4.78, 5) is 0. The Labute approximate surface area is 453 Å². The predicted octanol–water partition coefficient (Wildman–Crippen LogP) is 17.5. The summed E-state index contributed by atoms with van der Waals surface area (Å²) in [6.45, 7) is 41.6. The molecule has 0 unspecified atom stereocenters. The second kappa shape index (κ2) is 19.7. The fourth-order valence-electron chi connectivity index (χ4n) is 11.3. The summed E-state index contributed by atoms with van der Waals surface area (Å²) in [6, 6.07) is 28.7. The van der Waals surface area contributed by atoms with Crippen LogP contribution in [0.3, 0.4) is 0 Å². The van der Waals surface area contributed by atoms with Crippen molar-refractivity contribution in [2.24, 2.45) is 0 Å². The van der Waals surface area contributed by atoms with Gasteiger partial charge in [0.15, 0.2) is 0 Å². The van der Waals surface area contributed by atoms with E-state index in [4.69, 9.17) is 23.7 Å². The minimum Gasteiger partial charge on any atom is -0.496 e. The molecule has 5 heteroatoms. The van der Waals surface area contributed by atoms with Crippen molar-refractivity contribution in [1.29, 1.82) is 0 Å². The molecule has 2 aliphatic rings. The summed E-state index contributed by atoms with van der Waals surface area (Å²) >= 11 is 0. The molecule has 0 N–H and O–H groups in total. The molecule has 75 heavy (non-hydrogen) atoms. The minimum absolute atomic E-state index is 0.0923. The fraction of sp³-hybridized carbons (Fsp3) is 0.486. The highest BCUT2D eigenvalue weighted by molar-refractivity contribution is 5.64. The monoisotopic (exact) mass is 1010 g/mol. The number of ether oxygens (including phenoxy) is 5. The Balaban J connectivity index is 1.51. The summed E-state index contributed by atoms with van der Waals surface area (Å²) in [6.07, 6.45) is 3.92. The molecule has 6 aromatic carbocycles. The van der Waals surface area contributed by atoms with Crippen LogP contribution in [-0.2, 0) is 71.0 Å². The standard InChI is InChI=1S/C70H90O5/c1-65(2,3)53-29-41-23-42-30-54(66(4,5)6)32-44(60(42)72-20)25-46-34-56(68(10,11)12)36-48(62(46)74-22)27-50-38-58(70(16,17)18)40-52-28-51-39-57(69(13,14)15)37-49(63(51)75-64(50)52)26-47-35-55(67(7,8)9)33-45(61(47)73-21)24-43(31-53)59(41)71-19/h29-40H,23-28H2,1-22H3. The molecule has 8 rings (SSSR count). The number of methoxy groups -OCH3 is 4. The van der Waals surface area contributed by atoms with Crippen LogP contribution in [0.15, 0.2) is 72.8 Å². The average molecular weight is 1010 g/mol. The van der Waals surface area contributed by atoms with Gasteiger partial charge in [0.2, 0.25) is 0 Å². The molecular formula is C70H90O5. The van der Waals surface area contributed by atoms with Gasteiger partial charge in [-0.1, -0.05) is 197 Å². The lowest BCUT2D eigenvalue weighted by Crippen LogP contribution is -2.18. The maximum atomic E-state index is 7.57. The van der Waals surface area contributed by atoms with Gasteiger partial charge >= 0.3 is 0 Å². The molecule has 400 valence electrons. The minimum atomic E-state index is -0.137. The van der Waals surface area contributed by atoms with Crippen molar-refractivity contribution >= 4 is 0 Å². The Morgan fingerprint density at radius 3 is 0.520 bits per heavy atom. The summed E-state index contributed by atoms with van der Waals surface area (Å²) in [5, 5.41) is 0. The van der Waals surface area contributed by atoms with Crippen LogP contribution in [0.5, 0.6) is 34.5 Å². The van der Waals surface area contributed by atoms with Crippen molar-refractivity contribution in [1.82, 2.24) is 0 Å². The van der Waals surface area contributed by atoms with E-state index < -0.39 is 0 Å². The Kier molecular flexibility index (Phi) is 14.6. The normalized spacial score (nSPS) is 14.3. The molecule has 2 heterocycles. The second-order valence-electron chi connectivity index (χ2n) is 28.2. The molecule has 0 fully saturated rings. The molecule has 2 aliphatic heterocycles. The van der Waals surface area contributed by atoms with Gasteiger partial charge in [-0.15, -0.1) is 0 Å². The topological polar surface area (TPSA) is 46.2 Å². The molecule has 0 radical (unpaired) electrons. The van der Waals surface area contributed by atoms with E-state index in [9.17, 15) is 0 Å². The zero-order valence-corrected chi connectivity index (χ0v) is 50.2. The van der Waals surface area contributed by atoms with E-state index in [1.165, 1.54) is 55.6 Å². The maximum absolute atomic E-state index is 7.57. The van der Waals surface area contributed by atoms with E-state index in [1.807, 2.05) is 28.4 Å². The SMILES string of the molecule is COc1c2cc(C(C)(C)C)cc1Cc1cc(C(C)(C)C)cc(c1OC)Cc1cc(C(C)(C)C)cc3c1Oc1c(cc(C(C)(C)C)cc1C3)Cc1cc(C(C)(C)C)cc(c1OC)Cc1cc(C(C)(C)C)cc(c1OC)C2. The van der Waals surface area contributed by atoms with Crippen LogP contribution < -0.4 is 23.7 Å². The van der Waals surface area contributed by atoms with Crippen LogP contribution in [-0.4, -0.2) is 28.4 Å². The summed E-state index contributed by atoms with van der Waals surface area (Å²) in [5.41, 5.74) is 20.8. The first-order chi connectivity index (χ1) is 34.7. The highest BCUT2D eigenvalue weighted by atomic mass is 16.5. The summed E-state index contributed by atoms with van der Waals surface area (Å²) < 4.78 is 34.1. The highest BCUT2D eigenvalue weighted by Gasteiger charge is 2.32. The molecule has 0 aromatic heterocycles. The molecule has 0 saturated heterocycles. The van der Waals surface area contributed by atoms with Crippen molar-refractivity contribution in [2.75, 3.05) is 28.4 Å². The van der Waals surface area contributed by atoms with Crippen molar-refractivity contribution in [3.8, 4) is 34.5 Å². The van der Waals surface area contributed by atoms with Gasteiger partial charge in [0, 0.05) is 38.5 Å². The Morgan fingerprint density at radius 1 is 0.240 bits per heavy atom. The average Bonchev–Trinajstić information content (AvgIpc) is 3.28. The van der Waals surface area contributed by atoms with Gasteiger partial charge in [-0.3, -0.25) is 0 Å². The highest BCUT2D eigenvalue weighted by Crippen LogP contribution is 2.49. The molecule has 10 bridgehead atoms. The van der Waals surface area contributed by atoms with E-state index in [1.54, 1.807) is 0 Å². The molecule has 6 aromatic rings. The molecule has 0 amide bonds. The van der Waals surface area contributed by atoms with Crippen molar-refractivity contribution < 1.29 is 23.7 Å². The number of hydrogen-bond donors (Lipinski definition) is 0. The van der Waals surface area contributed by atoms with Gasteiger partial charge in [-0.2, -0.15) is 0 Å². The smallest absolute Gasteiger partial charge is 0.134 e. The quantitative estimate of drug-likeness (QED) is 0.176. The van der Waals surface area contributed by atoms with Crippen LogP contribution in [0, 0.1) is 0 Å². The number of fused-ring (bicyclic) bond motifs is 8. The third-order valence-electron chi connectivity index (χ3n) is 16.0. The fourth-order valence-corrected chi connectivity index (χ4v) is 11.3. The first-order valence-electron chi connectivity index (χ1n) is 27.5. The molecule has 0 aliphatic carbocycles. The first-order valence-corrected chi connectivity index (χ1v) is 27.5. The Morgan fingerprint density at radius 2 is 0.373 bits per heavy atom. The van der Waals surface area contributed by atoms with Gasteiger partial charge in [-0.05, 0) is 133 Å². The second-order valence-corrected chi connectivity index (χ2v) is 28.2. The van der Waals surface area contributed by atoms with E-state index in [0.29, 0.717) is 32.1 Å². The van der Waals surface area contributed by atoms with Crippen LogP contribution in [0.4, 0.5) is 0 Å². The summed E-state index contributed by atoms with van der Waals surface area (Å²) in [5.74, 6) is 5.51. The third kappa shape index (κ3) is 11.4. The number of rotatable bonds is 4. The maximum Gasteiger partial charge on any atom is 0.134 e. The summed E-state index contributed by atoms with van der Waals surface area (Å²) in [7, 11) is 7.34. The lowest BCUT2D eigenvalue weighted by atomic mass is 9.78. The Hall–Kier alpha value is -5.68. The molecule has 0 atom stereocenters. The lowest BCUT2D eigenvalue weighted by molar-refractivity contribution is 0.396. The van der Waals surface area contributed by atoms with Gasteiger partial charge in [-0.25, -0.2) is 0 Å². The Bertz CT molecular complexity index is 2950. The van der Waals surface area contributed by atoms with Gasteiger partial charge in [0.05, 0.1) is 28.4 Å². The van der Waals surface area contributed by atoms with Crippen molar-refractivity contribution in [2.45, 2.75) is 196 Å². The zero-order chi connectivity index (χ0) is 55.1. The molecule has 0 spiro atoms. The van der Waals surface area contributed by atoms with E-state index in [2.05, 4.69) is 197 Å². The van der Waals surface area contributed by atoms with Crippen LogP contribution in [0.1, 0.15) is 225 Å². The number of benzene rings is 6. The molecular weight excluding hydrogens is 921 g/mol. The van der Waals surface area contributed by atoms with Gasteiger partial charge < -0.3 is 23.7 Å². The van der Waals surface area contributed by atoms with Gasteiger partial charge in [0.1, 0.15) is 34.5 Å². The largest absolute Gasteiger partial charge is 0.496 e. The predicted molar refractivity (Wildman–Crippen MR) is 314 cm³/mol. The van der Waals surface area contributed by atoms with Crippen molar-refractivity contribution in [3.05, 3.63) is 173 Å². The molecule has 0 saturated carbocycles. The zero-order valence-electron chi connectivity index (χ0n) is 50.2. The third-order valence-corrected chi connectivity index (χ3v) is 16.0. The van der Waals surface area contributed by atoms with E-state index in [0.717, 1.165) is 85.4 Å². The van der Waals surface area contributed by atoms with E-state index >= 15 is 0 Å². The van der Waals surface area contributed by atoms with Gasteiger partial charge in [0.25, 0.3) is 0 Å². The number of hydrogen-bond acceptors (Lipinski definition) is 5. The van der Waals surface area contributed by atoms with Crippen LogP contribution in [0.25, 0.3) is 0 Å². The lowest BCUT2D eigenvalue weighted by Gasteiger charge is -2.31. The van der Waals surface area contributed by atoms with Crippen molar-refractivity contribution in [3.63, 3.8) is 0 Å². The molecule has 5 nitrogen and oxygen atoms in total. The first kappa shape index (κ1) is 55.5. The van der Waals surface area contributed by atoms with Crippen LogP contribution in [0.2, 0.25) is 0 Å².